The minimum absolute atomic E-state index is 0.283. The van der Waals surface area contributed by atoms with Crippen LogP contribution in [-0.4, -0.2) is 32.7 Å². The lowest BCUT2D eigenvalue weighted by molar-refractivity contribution is -0.154. The smallest absolute Gasteiger partial charge is 0.306 e. The molecule has 0 aromatic carbocycles. The van der Waals surface area contributed by atoms with Gasteiger partial charge in [0.2, 0.25) is 0 Å². The maximum atomic E-state index is 14.8. The van der Waals surface area contributed by atoms with Crippen LogP contribution >= 0.6 is 11.9 Å². The van der Waals surface area contributed by atoms with Crippen LogP contribution in [0.4, 0.5) is 8.78 Å². The molecule has 5 nitrogen and oxygen atoms in total. The summed E-state index contributed by atoms with van der Waals surface area (Å²) in [5.74, 6) is -4.84. The first-order chi connectivity index (χ1) is 10.4. The van der Waals surface area contributed by atoms with E-state index in [0.717, 1.165) is 6.42 Å². The molecule has 0 saturated carbocycles. The van der Waals surface area contributed by atoms with Gasteiger partial charge in [0.25, 0.3) is 5.92 Å². The second kappa shape index (κ2) is 6.93. The van der Waals surface area contributed by atoms with Gasteiger partial charge in [0, 0.05) is 12.2 Å². The first-order valence-electron chi connectivity index (χ1n) is 7.43. The van der Waals surface area contributed by atoms with Crippen molar-refractivity contribution in [3.8, 4) is 0 Å². The number of ether oxygens (including phenoxy) is 1. The quantitative estimate of drug-likeness (QED) is 0.792. The molecule has 0 radical (unpaired) electrons. The van der Waals surface area contributed by atoms with Crippen LogP contribution in [0.3, 0.4) is 0 Å². The molecular weight excluding hydrogens is 312 g/mol. The van der Waals surface area contributed by atoms with Crippen LogP contribution in [0.5, 0.6) is 0 Å². The monoisotopic (exact) mass is 333 g/mol. The highest BCUT2D eigenvalue weighted by Crippen LogP contribution is 2.43. The van der Waals surface area contributed by atoms with Crippen molar-refractivity contribution in [1.82, 2.24) is 14.4 Å². The van der Waals surface area contributed by atoms with E-state index in [1.54, 1.807) is 20.1 Å². The van der Waals surface area contributed by atoms with E-state index in [4.69, 9.17) is 4.74 Å². The lowest BCUT2D eigenvalue weighted by atomic mass is 9.86. The molecule has 1 unspecified atom stereocenters. The Morgan fingerprint density at radius 1 is 1.50 bits per heavy atom. The minimum Gasteiger partial charge on any atom is -0.463 e. The van der Waals surface area contributed by atoms with Gasteiger partial charge in [0.05, 0.1) is 18.2 Å². The highest BCUT2D eigenvalue weighted by atomic mass is 32.2. The van der Waals surface area contributed by atoms with Crippen molar-refractivity contribution in [3.05, 3.63) is 11.4 Å². The highest BCUT2D eigenvalue weighted by Gasteiger charge is 2.47. The fourth-order valence-electron chi connectivity index (χ4n) is 2.71. The van der Waals surface area contributed by atoms with Gasteiger partial charge in [-0.05, 0) is 45.1 Å². The zero-order valence-electron chi connectivity index (χ0n) is 13.0. The Kier molecular flexibility index (Phi) is 5.41. The van der Waals surface area contributed by atoms with Crippen LogP contribution in [0.15, 0.2) is 0 Å². The van der Waals surface area contributed by atoms with Crippen molar-refractivity contribution in [3.63, 3.8) is 0 Å². The number of carbonyl (C=O) groups is 1. The summed E-state index contributed by atoms with van der Waals surface area (Å²) in [4.78, 5) is 11.8. The minimum atomic E-state index is -3.17. The third kappa shape index (κ3) is 3.59. The summed E-state index contributed by atoms with van der Waals surface area (Å²) in [6.07, 6.45) is 3.41. The molecule has 1 aliphatic rings. The molecule has 0 bridgehead atoms. The van der Waals surface area contributed by atoms with Crippen molar-refractivity contribution in [1.29, 1.82) is 0 Å². The summed E-state index contributed by atoms with van der Waals surface area (Å²) < 4.78 is 36.1. The van der Waals surface area contributed by atoms with E-state index in [0.29, 0.717) is 18.5 Å². The Balaban J connectivity index is 2.26. The summed E-state index contributed by atoms with van der Waals surface area (Å²) >= 11 is 1.25. The molecule has 0 N–H and O–H groups in total. The second-order valence-corrected chi connectivity index (χ2v) is 6.46. The number of esters is 1. The predicted octanol–water partition coefficient (Wildman–Crippen LogP) is 3.18. The van der Waals surface area contributed by atoms with Gasteiger partial charge in [-0.25, -0.2) is 0 Å². The summed E-state index contributed by atoms with van der Waals surface area (Å²) in [6, 6.07) is 0. The summed E-state index contributed by atoms with van der Waals surface area (Å²) in [6.45, 7) is 3.41. The molecule has 1 aromatic heterocycles. The van der Waals surface area contributed by atoms with Gasteiger partial charge in [-0.15, -0.1) is 5.10 Å². The van der Waals surface area contributed by atoms with E-state index in [9.17, 15) is 13.6 Å². The summed E-state index contributed by atoms with van der Waals surface area (Å²) in [5, 5.41) is 7.48. The van der Waals surface area contributed by atoms with E-state index < -0.39 is 17.8 Å². The average Bonchev–Trinajstić information content (AvgIpc) is 2.83. The number of hydrogen-bond acceptors (Lipinski definition) is 5. The highest BCUT2D eigenvalue weighted by molar-refractivity contribution is 7.97. The zero-order chi connectivity index (χ0) is 16.3. The van der Waals surface area contributed by atoms with Crippen LogP contribution in [0.2, 0.25) is 0 Å². The first-order valence-corrected chi connectivity index (χ1v) is 8.61. The molecule has 22 heavy (non-hydrogen) atoms. The van der Waals surface area contributed by atoms with Crippen molar-refractivity contribution in [2.45, 2.75) is 58.0 Å². The Hall–Kier alpha value is -1.18. The van der Waals surface area contributed by atoms with Crippen molar-refractivity contribution in [2.75, 3.05) is 6.26 Å². The zero-order valence-corrected chi connectivity index (χ0v) is 13.8. The number of halogens is 2. The average molecular weight is 333 g/mol. The van der Waals surface area contributed by atoms with Crippen LogP contribution in [0.1, 0.15) is 50.9 Å². The van der Waals surface area contributed by atoms with Crippen molar-refractivity contribution in [2.24, 2.45) is 5.92 Å². The van der Waals surface area contributed by atoms with Gasteiger partial charge in [-0.3, -0.25) is 4.79 Å². The SMILES string of the molecule is CSn1nnc2c1CCCCC(CC(=O)OC(C)C)C2(F)F. The molecule has 1 atom stereocenters. The number of aromatic nitrogens is 3. The van der Waals surface area contributed by atoms with Crippen LogP contribution < -0.4 is 0 Å². The predicted molar refractivity (Wildman–Crippen MR) is 79.7 cm³/mol. The van der Waals surface area contributed by atoms with E-state index in [1.165, 1.54) is 16.0 Å². The maximum Gasteiger partial charge on any atom is 0.306 e. The third-order valence-corrected chi connectivity index (χ3v) is 4.37. The number of rotatable bonds is 4. The largest absolute Gasteiger partial charge is 0.463 e. The molecule has 2 rings (SSSR count). The topological polar surface area (TPSA) is 57.0 Å². The van der Waals surface area contributed by atoms with Gasteiger partial charge in [0.1, 0.15) is 0 Å². The lowest BCUT2D eigenvalue weighted by Crippen LogP contribution is -2.32. The van der Waals surface area contributed by atoms with Gasteiger partial charge < -0.3 is 4.74 Å². The fourth-order valence-corrected chi connectivity index (χ4v) is 3.22. The van der Waals surface area contributed by atoms with Crippen molar-refractivity contribution < 1.29 is 18.3 Å². The Bertz CT molecular complexity index is 534. The fraction of sp³-hybridized carbons (Fsp3) is 0.786. The Labute approximate surface area is 132 Å². The standard InChI is InChI=1S/C14H21F2N3O2S/c1-9(2)21-12(20)8-10-6-4-5-7-11-13(14(10,15)16)17-18-19(11)22-3/h9-10H,4-8H2,1-3H3. The van der Waals surface area contributed by atoms with Crippen LogP contribution in [0.25, 0.3) is 0 Å². The third-order valence-electron chi connectivity index (χ3n) is 3.73. The van der Waals surface area contributed by atoms with Gasteiger partial charge in [-0.2, -0.15) is 12.9 Å². The van der Waals surface area contributed by atoms with E-state index in [1.807, 2.05) is 0 Å². The van der Waals surface area contributed by atoms with Gasteiger partial charge >= 0.3 is 5.97 Å². The lowest BCUT2D eigenvalue weighted by Gasteiger charge is -2.27. The molecule has 0 amide bonds. The van der Waals surface area contributed by atoms with Crippen molar-refractivity contribution >= 4 is 17.9 Å². The normalized spacial score (nSPS) is 21.1. The van der Waals surface area contributed by atoms with Gasteiger partial charge in [-0.1, -0.05) is 11.6 Å². The first kappa shape index (κ1) is 17.2. The number of hydrogen-bond donors (Lipinski definition) is 0. The molecule has 1 aliphatic carbocycles. The molecule has 0 spiro atoms. The van der Waals surface area contributed by atoms with Crippen LogP contribution in [-0.2, 0) is 21.9 Å². The molecule has 1 heterocycles. The summed E-state index contributed by atoms with van der Waals surface area (Å²) in [7, 11) is 0. The van der Waals surface area contributed by atoms with E-state index in [2.05, 4.69) is 10.3 Å². The molecule has 8 heteroatoms. The summed E-state index contributed by atoms with van der Waals surface area (Å²) in [5.41, 5.74) is 0.170. The number of alkyl halides is 2. The van der Waals surface area contributed by atoms with E-state index >= 15 is 0 Å². The number of nitrogens with zero attached hydrogens (tertiary/aromatic N) is 3. The number of fused-ring (bicyclic) bond motifs is 1. The van der Waals surface area contributed by atoms with E-state index in [-0.39, 0.29) is 24.6 Å². The molecule has 0 aliphatic heterocycles. The molecule has 0 saturated heterocycles. The molecule has 124 valence electrons. The second-order valence-electron chi connectivity index (χ2n) is 5.75. The van der Waals surface area contributed by atoms with Crippen LogP contribution in [0, 0.1) is 5.92 Å². The Morgan fingerprint density at radius 3 is 2.86 bits per heavy atom. The number of carbonyl (C=O) groups excluding carboxylic acids is 1. The van der Waals surface area contributed by atoms with Gasteiger partial charge in [0.15, 0.2) is 5.69 Å². The molecule has 1 aromatic rings. The Morgan fingerprint density at radius 2 is 2.23 bits per heavy atom. The maximum absolute atomic E-state index is 14.8. The molecule has 0 fully saturated rings. The molecular formula is C14H21F2N3O2S.